The smallest absolute Gasteiger partial charge is 0.320 e. The zero-order valence-corrected chi connectivity index (χ0v) is 75.5. The number of aromatic nitrogens is 12. The molecular formula is C88H119N29O22. The first kappa shape index (κ1) is 102. The highest BCUT2D eigenvalue weighted by Crippen LogP contribution is 2.38. The molecular weight excluding hydrogens is 1820 g/mol. The van der Waals surface area contributed by atoms with Crippen LogP contribution in [0.5, 0.6) is 12.0 Å². The van der Waals surface area contributed by atoms with Crippen LogP contribution in [0.2, 0.25) is 0 Å². The maximum atomic E-state index is 10.3. The van der Waals surface area contributed by atoms with Gasteiger partial charge in [-0.05, 0) is 65.8 Å². The highest BCUT2D eigenvalue weighted by molar-refractivity contribution is 6.03. The SMILES string of the molecule is C.CC(C)C/C=N\NC1=NC2C(N=CN2C2OC(CO)[C@@H](O)[C@H]2O)C(N)=N1.CCC#Cc1nc(N)c2ncn(C3OC(CO)[C@@H](O)[C@H]3O)c2n1.Cc1ccc(CCOc2nc(N)c3ncn(C4OC(CO)[C@@H](O)[C@H]4O)c3n2)cc1.NC1=NC(=N/N=C\C2CCCCC2)NC2C1N=CN2C1OC(CO)[C@@H](O)[C@H]1O.Nc1nc(OCCc2ccc3ccccc3c2)nc2c1ncn2C1OC(CO)[C@@H](O)[C@H]1O. The zero-order valence-electron chi connectivity index (χ0n) is 75.5. The number of fused-ring (bicyclic) bond motifs is 6. The Balaban J connectivity index is 0.000000139. The fraction of sp³-hybridized carbons (Fsp3) is 0.534. The van der Waals surface area contributed by atoms with Crippen molar-refractivity contribution < 1.29 is 110 Å². The predicted molar refractivity (Wildman–Crippen MR) is 504 cm³/mol. The van der Waals surface area contributed by atoms with E-state index in [0.29, 0.717) is 77.8 Å². The Bertz CT molecular complexity index is 5990. The highest BCUT2D eigenvalue weighted by atomic mass is 16.6. The van der Waals surface area contributed by atoms with Gasteiger partial charge in [0.05, 0.1) is 77.9 Å². The number of nitrogens with one attached hydrogen (secondary N) is 2. The molecule has 51 nitrogen and oxygen atoms in total. The molecule has 0 bridgehead atoms. The van der Waals surface area contributed by atoms with Crippen LogP contribution in [0.25, 0.3) is 44.3 Å². The molecule has 1 aliphatic carbocycles. The summed E-state index contributed by atoms with van der Waals surface area (Å²) < 4.78 is 43.5. The van der Waals surface area contributed by atoms with Gasteiger partial charge in [-0.2, -0.15) is 40.1 Å². The maximum Gasteiger partial charge on any atom is 0.320 e. The number of anilines is 3. The second kappa shape index (κ2) is 46.1. The number of nitrogens with two attached hydrogens (primary N) is 5. The fourth-order valence-electron chi connectivity index (χ4n) is 16.7. The number of nitrogens with zero attached hydrogens (tertiary/aromatic N) is 22. The van der Waals surface area contributed by atoms with Crippen LogP contribution >= 0.6 is 0 Å². The molecule has 139 heavy (non-hydrogen) atoms. The van der Waals surface area contributed by atoms with E-state index < -0.39 is 180 Å². The minimum Gasteiger partial charge on any atom is -0.463 e. The van der Waals surface area contributed by atoms with E-state index in [2.05, 4.69) is 152 Å². The number of hydrogen-bond acceptors (Lipinski definition) is 46. The second-order valence-corrected chi connectivity index (χ2v) is 34.3. The standard InChI is InChI=1S/C22H23N5O5.C19H23N5O5.C17H27N7O4.C15H25N7O4.C14H17N5O4.CH4/c23-19-16-20(27(11-24-16)21-18(30)17(29)15(10-28)32-21)26-22(25-19)31-8-7-12-5-6-13-3-1-2-4-14(13)9-12;1-10-2-4-11(5-3-10)6-7-28-19-22-16(20)13-17(23-19)24(9-21-13)18-15(27)14(26)12(8-25)29-18;18-14-11-15(22-17(21-14)23-20-6-9-4-2-1-3-5-9)24(8-19-11)16-13(27)12(26)10(7-25)28-16;1-7(2)3-4-18-21-15-19-12(16)9-13(20-15)22(6-17-9)14-11(25)10(24)8(5-23)26-14;1-2-3-4-8-17-12(15)9-13(18-8)19(6-16-9)14-11(22)10(21)7(5-20)23-14;/h1-6,9,11,15,17-18,21,28-30H,7-8,10H2,(H2,23,25,26);2-5,9,12,14-15,18,25-27H,6-8H2,1H3,(H2,20,22,23);6,8-13,15-16,25-27H,1-5,7H2,(H3,18,21,22,23);4,6-11,13-14,23-25H,3,5H2,1-2H3,(H3,16,19,20,21);6-7,10-11,14,20-22H,2,5H2,1H3,(H2,15,17,18);1H4/b;;20-6-;18-4-;;/t15?,17-,18-,21?;12?,14-,15-,18?;10?,11?,12-,13-,15?,16?;8?,9?,10-,11-,13?,14?;7?,10-,11-,14?;/m11111./s1. The number of aliphatic hydroxyl groups excluding tert-OH is 15. The monoisotopic (exact) mass is 1930 g/mol. The molecule has 14 unspecified atom stereocenters. The van der Waals surface area contributed by atoms with E-state index >= 15 is 0 Å². The molecule has 9 aliphatic heterocycles. The number of hydrazone groups is 1. The second-order valence-electron chi connectivity index (χ2n) is 34.3. The number of aliphatic imine (C=N–C) groups is 5. The number of benzene rings is 3. The lowest BCUT2D eigenvalue weighted by atomic mass is 9.90. The molecule has 0 amide bonds. The Kier molecular flexibility index (Phi) is 33.9. The molecule has 19 rings (SSSR count). The molecule has 51 heteroatoms. The van der Waals surface area contributed by atoms with E-state index in [4.69, 9.17) is 61.8 Å². The third-order valence-electron chi connectivity index (χ3n) is 24.3. The summed E-state index contributed by atoms with van der Waals surface area (Å²) in [6.45, 7) is 6.73. The van der Waals surface area contributed by atoms with Gasteiger partial charge in [0.15, 0.2) is 82.7 Å². The number of rotatable bonds is 23. The average molecular weight is 1940 g/mol. The number of guanidine groups is 2. The molecule has 27 N–H and O–H groups in total. The van der Waals surface area contributed by atoms with Gasteiger partial charge in [0.1, 0.15) is 127 Å². The minimum absolute atomic E-state index is 0. The third-order valence-corrected chi connectivity index (χ3v) is 24.3. The molecule has 3 aromatic carbocycles. The lowest BCUT2D eigenvalue weighted by Gasteiger charge is -2.35. The van der Waals surface area contributed by atoms with Crippen LogP contribution in [0.15, 0.2) is 126 Å². The molecule has 6 aromatic heterocycles. The van der Waals surface area contributed by atoms with Gasteiger partial charge >= 0.3 is 12.0 Å². The van der Waals surface area contributed by atoms with Crippen LogP contribution in [0, 0.1) is 30.6 Å². The van der Waals surface area contributed by atoms with E-state index in [1.807, 2.05) is 56.5 Å². The summed E-state index contributed by atoms with van der Waals surface area (Å²) in [6.07, 6.45) is -2.89. The van der Waals surface area contributed by atoms with Crippen molar-refractivity contribution in [1.82, 2.24) is 79.1 Å². The van der Waals surface area contributed by atoms with Gasteiger partial charge in [-0.1, -0.05) is 126 Å². The van der Waals surface area contributed by atoms with E-state index in [1.165, 1.54) is 75.6 Å². The molecule has 0 radical (unpaired) electrons. The highest BCUT2D eigenvalue weighted by Gasteiger charge is 2.53. The van der Waals surface area contributed by atoms with Crippen molar-refractivity contribution in [3.8, 4) is 23.9 Å². The Hall–Kier alpha value is -12.5. The summed E-state index contributed by atoms with van der Waals surface area (Å²) in [7, 11) is 0. The van der Waals surface area contributed by atoms with Crippen LogP contribution in [0.1, 0.15) is 114 Å². The molecule has 0 spiro atoms. The Morgan fingerprint density at radius 3 is 1.49 bits per heavy atom. The molecule has 10 aliphatic rings. The molecule has 9 aromatic rings. The summed E-state index contributed by atoms with van der Waals surface area (Å²) in [5.74, 6) is 8.26. The van der Waals surface area contributed by atoms with Crippen molar-refractivity contribution in [2.24, 2.45) is 63.6 Å². The third kappa shape index (κ3) is 22.8. The maximum absolute atomic E-state index is 10.3. The molecule has 1 saturated carbocycles. The van der Waals surface area contributed by atoms with E-state index in [9.17, 15) is 76.6 Å². The number of ether oxygens (including phenoxy) is 7. The first-order chi connectivity index (χ1) is 66.6. The van der Waals surface area contributed by atoms with Crippen LogP contribution in [0.3, 0.4) is 0 Å². The molecule has 15 heterocycles. The first-order valence-corrected chi connectivity index (χ1v) is 45.0. The van der Waals surface area contributed by atoms with Gasteiger partial charge in [0, 0.05) is 31.7 Å². The number of nitrogen functional groups attached to an aromatic ring is 3. The van der Waals surface area contributed by atoms with E-state index in [0.717, 1.165) is 35.8 Å². The topological polar surface area (TPSA) is 758 Å². The summed E-state index contributed by atoms with van der Waals surface area (Å²) in [5, 5.41) is 165. The van der Waals surface area contributed by atoms with E-state index in [-0.39, 0.29) is 66.3 Å². The largest absolute Gasteiger partial charge is 0.463 e. The van der Waals surface area contributed by atoms with Gasteiger partial charge in [-0.15, -0.1) is 5.10 Å². The van der Waals surface area contributed by atoms with Crippen molar-refractivity contribution in [3.05, 3.63) is 108 Å². The molecule has 6 fully saturated rings. The summed E-state index contributed by atoms with van der Waals surface area (Å²) in [6, 6.07) is 21.7. The summed E-state index contributed by atoms with van der Waals surface area (Å²) in [4.78, 5) is 62.5. The lowest BCUT2D eigenvalue weighted by molar-refractivity contribution is -0.0803. The van der Waals surface area contributed by atoms with Gasteiger partial charge in [-0.3, -0.25) is 23.7 Å². The first-order valence-electron chi connectivity index (χ1n) is 45.0. The normalized spacial score (nSPS) is 29.8. The van der Waals surface area contributed by atoms with Crippen LogP contribution in [0.4, 0.5) is 17.5 Å². The summed E-state index contributed by atoms with van der Waals surface area (Å²) in [5.41, 5.74) is 38.0. The van der Waals surface area contributed by atoms with Crippen molar-refractivity contribution in [1.29, 1.82) is 0 Å². The Labute approximate surface area is 795 Å². The van der Waals surface area contributed by atoms with Gasteiger partial charge in [0.2, 0.25) is 17.7 Å². The molecule has 24 atom stereocenters. The van der Waals surface area contributed by atoms with Gasteiger partial charge < -0.3 is 154 Å². The van der Waals surface area contributed by atoms with Crippen molar-refractivity contribution in [2.75, 3.05) is 63.4 Å². The van der Waals surface area contributed by atoms with Crippen LogP contribution < -0.4 is 48.9 Å². The zero-order chi connectivity index (χ0) is 97.9. The van der Waals surface area contributed by atoms with Crippen molar-refractivity contribution in [3.63, 3.8) is 0 Å². The fourth-order valence-corrected chi connectivity index (χ4v) is 16.7. The number of hydrogen-bond donors (Lipinski definition) is 22. The summed E-state index contributed by atoms with van der Waals surface area (Å²) >= 11 is 0. The predicted octanol–water partition coefficient (Wildman–Crippen LogP) is -3.68. The Morgan fingerprint density at radius 1 is 0.532 bits per heavy atom. The van der Waals surface area contributed by atoms with Crippen LogP contribution in [-0.4, -0.2) is 368 Å². The number of amidine groups is 2. The Morgan fingerprint density at radius 2 is 0.986 bits per heavy atom. The quantitative estimate of drug-likeness (QED) is 0.0167. The number of aryl methyl sites for hydroxylation is 1. The van der Waals surface area contributed by atoms with E-state index in [1.54, 1.807) is 16.0 Å². The van der Waals surface area contributed by atoms with Gasteiger partial charge in [0.25, 0.3) is 0 Å². The van der Waals surface area contributed by atoms with Gasteiger partial charge in [-0.25, -0.2) is 35.3 Å². The minimum atomic E-state index is -1.27. The molecule has 748 valence electrons. The lowest BCUT2D eigenvalue weighted by Crippen LogP contribution is -2.61. The molecule has 5 saturated heterocycles. The van der Waals surface area contributed by atoms with Crippen molar-refractivity contribution in [2.45, 2.75) is 240 Å². The van der Waals surface area contributed by atoms with Crippen LogP contribution in [-0.2, 0) is 36.5 Å². The average Bonchev–Trinajstić information content (AvgIpc) is 1.64. The van der Waals surface area contributed by atoms with Crippen molar-refractivity contribution >= 4 is 110 Å². The number of aliphatic hydroxyl groups is 15. The number of imidazole rings is 3.